The van der Waals surface area contributed by atoms with E-state index in [-0.39, 0.29) is 5.75 Å². The Morgan fingerprint density at radius 2 is 1.62 bits per heavy atom. The van der Waals surface area contributed by atoms with Crippen LogP contribution in [0.1, 0.15) is 17.2 Å². The van der Waals surface area contributed by atoms with E-state index < -0.39 is 12.4 Å². The summed E-state index contributed by atoms with van der Waals surface area (Å²) < 4.78 is 40.0. The average molecular weight is 336 g/mol. The highest BCUT2D eigenvalue weighted by Crippen LogP contribution is 2.32. The first kappa shape index (κ1) is 15.9. The van der Waals surface area contributed by atoms with Gasteiger partial charge < -0.3 is 10.5 Å². The summed E-state index contributed by atoms with van der Waals surface area (Å²) in [5.41, 5.74) is 7.24. The van der Waals surface area contributed by atoms with E-state index in [0.29, 0.717) is 21.2 Å². The summed E-state index contributed by atoms with van der Waals surface area (Å²) in [7, 11) is 0. The van der Waals surface area contributed by atoms with Gasteiger partial charge in [0, 0.05) is 0 Å². The van der Waals surface area contributed by atoms with Gasteiger partial charge in [-0.3, -0.25) is 0 Å². The van der Waals surface area contributed by atoms with Crippen molar-refractivity contribution in [3.8, 4) is 5.75 Å². The summed E-state index contributed by atoms with van der Waals surface area (Å²) in [6, 6.07) is 9.72. The number of nitrogens with two attached hydrogens (primary N) is 1. The van der Waals surface area contributed by atoms with Crippen LogP contribution in [0.15, 0.2) is 42.5 Å². The zero-order valence-corrected chi connectivity index (χ0v) is 12.0. The number of ether oxygens (including phenoxy) is 1. The minimum Gasteiger partial charge on any atom is -0.406 e. The molecule has 112 valence electrons. The predicted molar refractivity (Wildman–Crippen MR) is 75.6 cm³/mol. The number of halogens is 5. The monoisotopic (exact) mass is 335 g/mol. The summed E-state index contributed by atoms with van der Waals surface area (Å²) in [6.45, 7) is 0. The van der Waals surface area contributed by atoms with E-state index in [4.69, 9.17) is 28.9 Å². The summed E-state index contributed by atoms with van der Waals surface area (Å²) in [5.74, 6) is -0.310. The van der Waals surface area contributed by atoms with Gasteiger partial charge in [0.05, 0.1) is 16.1 Å². The second kappa shape index (κ2) is 6.13. The molecule has 7 heteroatoms. The fraction of sp³-hybridized carbons (Fsp3) is 0.143. The number of hydrogen-bond acceptors (Lipinski definition) is 2. The van der Waals surface area contributed by atoms with Crippen molar-refractivity contribution in [2.75, 3.05) is 0 Å². The van der Waals surface area contributed by atoms with Crippen LogP contribution in [-0.4, -0.2) is 6.36 Å². The first-order valence-corrected chi connectivity index (χ1v) is 6.59. The van der Waals surface area contributed by atoms with Crippen molar-refractivity contribution < 1.29 is 17.9 Å². The van der Waals surface area contributed by atoms with E-state index in [2.05, 4.69) is 4.74 Å². The normalized spacial score (nSPS) is 13.0. The van der Waals surface area contributed by atoms with Gasteiger partial charge in [0.25, 0.3) is 0 Å². The molecule has 0 radical (unpaired) electrons. The molecule has 0 spiro atoms. The quantitative estimate of drug-likeness (QED) is 0.862. The predicted octanol–water partition coefficient (Wildman–Crippen LogP) is 4.94. The first-order chi connectivity index (χ1) is 9.78. The zero-order chi connectivity index (χ0) is 15.6. The highest BCUT2D eigenvalue weighted by Gasteiger charge is 2.31. The van der Waals surface area contributed by atoms with Gasteiger partial charge in [-0.2, -0.15) is 0 Å². The van der Waals surface area contributed by atoms with Crippen LogP contribution in [0.4, 0.5) is 13.2 Å². The van der Waals surface area contributed by atoms with E-state index in [1.807, 2.05) is 0 Å². The van der Waals surface area contributed by atoms with Crippen LogP contribution >= 0.6 is 23.2 Å². The van der Waals surface area contributed by atoms with E-state index in [1.165, 1.54) is 24.3 Å². The molecule has 0 saturated heterocycles. The second-order valence-electron chi connectivity index (χ2n) is 4.24. The topological polar surface area (TPSA) is 35.2 Å². The molecule has 21 heavy (non-hydrogen) atoms. The average Bonchev–Trinajstić information content (AvgIpc) is 2.40. The second-order valence-corrected chi connectivity index (χ2v) is 5.02. The van der Waals surface area contributed by atoms with Crippen molar-refractivity contribution in [2.24, 2.45) is 5.73 Å². The molecule has 1 atom stereocenters. The van der Waals surface area contributed by atoms with Crippen molar-refractivity contribution in [3.63, 3.8) is 0 Å². The summed E-state index contributed by atoms with van der Waals surface area (Å²) in [5, 5.41) is 0.684. The Bertz CT molecular complexity index is 629. The van der Waals surface area contributed by atoms with Gasteiger partial charge in [0.1, 0.15) is 5.75 Å². The molecule has 0 saturated carbocycles. The van der Waals surface area contributed by atoms with Crippen LogP contribution in [-0.2, 0) is 0 Å². The molecule has 2 nitrogen and oxygen atoms in total. The van der Waals surface area contributed by atoms with Crippen LogP contribution in [0, 0.1) is 0 Å². The summed E-state index contributed by atoms with van der Waals surface area (Å²) in [6.07, 6.45) is -4.72. The molecule has 0 fully saturated rings. The highest BCUT2D eigenvalue weighted by molar-refractivity contribution is 6.42. The molecule has 0 aliphatic heterocycles. The van der Waals surface area contributed by atoms with Crippen LogP contribution < -0.4 is 10.5 Å². The van der Waals surface area contributed by atoms with E-state index in [0.717, 1.165) is 0 Å². The van der Waals surface area contributed by atoms with Gasteiger partial charge in [0.15, 0.2) is 0 Å². The molecule has 2 aromatic rings. The van der Waals surface area contributed by atoms with Crippen LogP contribution in [0.3, 0.4) is 0 Å². The van der Waals surface area contributed by atoms with E-state index in [9.17, 15) is 13.2 Å². The lowest BCUT2D eigenvalue weighted by atomic mass is 9.99. The molecular formula is C14H10Cl2F3NO. The molecule has 0 aliphatic rings. The van der Waals surface area contributed by atoms with Crippen LogP contribution in [0.2, 0.25) is 10.0 Å². The number of alkyl halides is 3. The molecule has 0 bridgehead atoms. The Kier molecular flexibility index (Phi) is 4.66. The summed E-state index contributed by atoms with van der Waals surface area (Å²) >= 11 is 12.0. The summed E-state index contributed by atoms with van der Waals surface area (Å²) in [4.78, 5) is 0. The lowest BCUT2D eigenvalue weighted by Gasteiger charge is -2.16. The van der Waals surface area contributed by atoms with E-state index >= 15 is 0 Å². The first-order valence-electron chi connectivity index (χ1n) is 5.83. The standard InChI is InChI=1S/C14H10Cl2F3NO/c15-11-3-1-2-10(12(11)16)13(20)8-4-6-9(7-5-8)21-14(17,18)19/h1-7,13H,20H2/t13-/m0/s1. The van der Waals surface area contributed by atoms with Crippen molar-refractivity contribution in [1.82, 2.24) is 0 Å². The SMILES string of the molecule is N[C@@H](c1ccc(OC(F)(F)F)cc1)c1cccc(Cl)c1Cl. The Balaban J connectivity index is 2.24. The molecule has 2 aromatic carbocycles. The van der Waals surface area contributed by atoms with Gasteiger partial charge >= 0.3 is 6.36 Å². The molecule has 0 aromatic heterocycles. The van der Waals surface area contributed by atoms with E-state index in [1.54, 1.807) is 18.2 Å². The Hall–Kier alpha value is -1.43. The Morgan fingerprint density at radius 3 is 2.19 bits per heavy atom. The number of rotatable bonds is 3. The van der Waals surface area contributed by atoms with Gasteiger partial charge in [-0.25, -0.2) is 0 Å². The van der Waals surface area contributed by atoms with Crippen molar-refractivity contribution in [1.29, 1.82) is 0 Å². The van der Waals surface area contributed by atoms with Gasteiger partial charge in [0.2, 0.25) is 0 Å². The molecule has 0 amide bonds. The van der Waals surface area contributed by atoms with Crippen LogP contribution in [0.5, 0.6) is 5.75 Å². The highest BCUT2D eigenvalue weighted by atomic mass is 35.5. The minimum absolute atomic E-state index is 0.310. The molecular weight excluding hydrogens is 326 g/mol. The largest absolute Gasteiger partial charge is 0.573 e. The third-order valence-electron chi connectivity index (χ3n) is 2.79. The van der Waals surface area contributed by atoms with Crippen molar-refractivity contribution in [3.05, 3.63) is 63.6 Å². The fourth-order valence-corrected chi connectivity index (χ4v) is 2.24. The fourth-order valence-electron chi connectivity index (χ4n) is 1.82. The smallest absolute Gasteiger partial charge is 0.406 e. The number of benzene rings is 2. The van der Waals surface area contributed by atoms with Gasteiger partial charge in [-0.15, -0.1) is 13.2 Å². The van der Waals surface area contributed by atoms with Gasteiger partial charge in [-0.1, -0.05) is 47.5 Å². The lowest BCUT2D eigenvalue weighted by Crippen LogP contribution is -2.17. The third kappa shape index (κ3) is 4.03. The maximum absolute atomic E-state index is 12.1. The van der Waals surface area contributed by atoms with Crippen molar-refractivity contribution >= 4 is 23.2 Å². The Labute approximate surface area is 129 Å². The van der Waals surface area contributed by atoms with Crippen LogP contribution in [0.25, 0.3) is 0 Å². The Morgan fingerprint density at radius 1 is 1.00 bits per heavy atom. The minimum atomic E-state index is -4.72. The molecule has 0 heterocycles. The van der Waals surface area contributed by atoms with Crippen molar-refractivity contribution in [2.45, 2.75) is 12.4 Å². The zero-order valence-electron chi connectivity index (χ0n) is 10.5. The number of hydrogen-bond donors (Lipinski definition) is 1. The van der Waals surface area contributed by atoms with Gasteiger partial charge in [-0.05, 0) is 29.3 Å². The maximum Gasteiger partial charge on any atom is 0.573 e. The molecule has 0 aliphatic carbocycles. The maximum atomic E-state index is 12.1. The molecule has 2 N–H and O–H groups in total. The molecule has 0 unspecified atom stereocenters. The third-order valence-corrected chi connectivity index (χ3v) is 3.62. The lowest BCUT2D eigenvalue weighted by molar-refractivity contribution is -0.274. The molecule has 2 rings (SSSR count).